The molecule has 0 atom stereocenters. The standard InChI is InChI=1S/C11H17N7/c1-2-18-11(13-7-15-18)6-17-8-14-10(16-17)5-12-9-3-4-9/h7-9,12H,2-6H2,1H3. The van der Waals surface area contributed by atoms with E-state index in [9.17, 15) is 0 Å². The van der Waals surface area contributed by atoms with E-state index in [4.69, 9.17) is 0 Å². The number of aromatic nitrogens is 6. The first-order chi connectivity index (χ1) is 8.85. The predicted octanol–water partition coefficient (Wildman–Crippen LogP) is 0.190. The number of hydrogen-bond acceptors (Lipinski definition) is 5. The lowest BCUT2D eigenvalue weighted by Crippen LogP contribution is -2.16. The van der Waals surface area contributed by atoms with Crippen LogP contribution in [0.15, 0.2) is 12.7 Å². The van der Waals surface area contributed by atoms with Gasteiger partial charge in [0, 0.05) is 12.6 Å². The molecular weight excluding hydrogens is 230 g/mol. The summed E-state index contributed by atoms with van der Waals surface area (Å²) in [4.78, 5) is 8.51. The highest BCUT2D eigenvalue weighted by Gasteiger charge is 2.20. The van der Waals surface area contributed by atoms with Gasteiger partial charge in [0.05, 0.1) is 6.54 Å². The van der Waals surface area contributed by atoms with Crippen LogP contribution in [0.1, 0.15) is 31.4 Å². The van der Waals surface area contributed by atoms with E-state index in [1.54, 1.807) is 17.3 Å². The monoisotopic (exact) mass is 247 g/mol. The maximum absolute atomic E-state index is 4.42. The molecule has 0 amide bonds. The van der Waals surface area contributed by atoms with E-state index in [0.717, 1.165) is 24.7 Å². The van der Waals surface area contributed by atoms with Crippen LogP contribution in [-0.2, 0) is 19.6 Å². The molecule has 0 aromatic carbocycles. The summed E-state index contributed by atoms with van der Waals surface area (Å²) >= 11 is 0. The number of nitrogens with zero attached hydrogens (tertiary/aromatic N) is 6. The molecule has 96 valence electrons. The highest BCUT2D eigenvalue weighted by molar-refractivity contribution is 4.90. The topological polar surface area (TPSA) is 73.5 Å². The minimum atomic E-state index is 0.615. The zero-order valence-electron chi connectivity index (χ0n) is 10.5. The van der Waals surface area contributed by atoms with Gasteiger partial charge in [0.25, 0.3) is 0 Å². The van der Waals surface area contributed by atoms with E-state index in [0.29, 0.717) is 12.6 Å². The lowest BCUT2D eigenvalue weighted by Gasteiger charge is -2.02. The highest BCUT2D eigenvalue weighted by Crippen LogP contribution is 2.18. The van der Waals surface area contributed by atoms with E-state index in [1.807, 2.05) is 11.6 Å². The molecule has 0 bridgehead atoms. The largest absolute Gasteiger partial charge is 0.307 e. The Hall–Kier alpha value is -1.76. The molecule has 2 heterocycles. The second-order valence-corrected chi connectivity index (χ2v) is 4.51. The Balaban J connectivity index is 1.61. The molecule has 1 aliphatic carbocycles. The van der Waals surface area contributed by atoms with Gasteiger partial charge in [-0.1, -0.05) is 0 Å². The van der Waals surface area contributed by atoms with Crippen LogP contribution in [0.25, 0.3) is 0 Å². The summed E-state index contributed by atoms with van der Waals surface area (Å²) in [5.41, 5.74) is 0. The summed E-state index contributed by atoms with van der Waals surface area (Å²) in [6.45, 7) is 4.23. The van der Waals surface area contributed by atoms with Gasteiger partial charge < -0.3 is 5.32 Å². The fourth-order valence-electron chi connectivity index (χ4n) is 1.83. The van der Waals surface area contributed by atoms with Gasteiger partial charge >= 0.3 is 0 Å². The van der Waals surface area contributed by atoms with Gasteiger partial charge in [-0.05, 0) is 19.8 Å². The Bertz CT molecular complexity index is 511. The summed E-state index contributed by atoms with van der Waals surface area (Å²) in [6, 6.07) is 0.681. The van der Waals surface area contributed by atoms with Gasteiger partial charge in [0.2, 0.25) is 0 Å². The van der Waals surface area contributed by atoms with Crippen molar-refractivity contribution in [1.29, 1.82) is 0 Å². The molecular formula is C11H17N7. The van der Waals surface area contributed by atoms with E-state index < -0.39 is 0 Å². The summed E-state index contributed by atoms with van der Waals surface area (Å²) in [5, 5.41) is 12.0. The maximum atomic E-state index is 4.42. The van der Waals surface area contributed by atoms with Crippen LogP contribution in [0.3, 0.4) is 0 Å². The molecule has 1 saturated carbocycles. The fourth-order valence-corrected chi connectivity index (χ4v) is 1.83. The Labute approximate surface area is 105 Å². The molecule has 0 spiro atoms. The Morgan fingerprint density at radius 3 is 3.06 bits per heavy atom. The Morgan fingerprint density at radius 1 is 1.39 bits per heavy atom. The smallest absolute Gasteiger partial charge is 0.164 e. The molecule has 1 fully saturated rings. The molecule has 0 unspecified atom stereocenters. The zero-order valence-corrected chi connectivity index (χ0v) is 10.5. The average Bonchev–Trinajstić information content (AvgIpc) is 2.93. The van der Waals surface area contributed by atoms with Gasteiger partial charge in [-0.25, -0.2) is 19.3 Å². The number of nitrogens with one attached hydrogen (secondary N) is 1. The van der Waals surface area contributed by atoms with Crippen LogP contribution in [0.2, 0.25) is 0 Å². The molecule has 3 rings (SSSR count). The summed E-state index contributed by atoms with van der Waals surface area (Å²) in [5.74, 6) is 1.74. The Morgan fingerprint density at radius 2 is 2.28 bits per heavy atom. The first kappa shape index (κ1) is 11.3. The van der Waals surface area contributed by atoms with Gasteiger partial charge in [0.1, 0.15) is 25.0 Å². The van der Waals surface area contributed by atoms with E-state index in [2.05, 4.69) is 25.5 Å². The SMILES string of the molecule is CCn1ncnc1Cn1cnc(CNC2CC2)n1. The molecule has 0 aliphatic heterocycles. The normalized spacial score (nSPS) is 15.2. The molecule has 7 heteroatoms. The van der Waals surface area contributed by atoms with Gasteiger partial charge in [-0.15, -0.1) is 0 Å². The number of hydrogen-bond donors (Lipinski definition) is 1. The van der Waals surface area contributed by atoms with Crippen molar-refractivity contribution >= 4 is 0 Å². The second-order valence-electron chi connectivity index (χ2n) is 4.51. The lowest BCUT2D eigenvalue weighted by atomic mass is 10.5. The summed E-state index contributed by atoms with van der Waals surface area (Å²) in [6.07, 6.45) is 5.88. The van der Waals surface area contributed by atoms with Crippen molar-refractivity contribution in [3.8, 4) is 0 Å². The van der Waals surface area contributed by atoms with Crippen LogP contribution in [0.4, 0.5) is 0 Å². The maximum Gasteiger partial charge on any atom is 0.164 e. The third-order valence-electron chi connectivity index (χ3n) is 3.01. The molecule has 7 nitrogen and oxygen atoms in total. The van der Waals surface area contributed by atoms with Crippen molar-refractivity contribution in [1.82, 2.24) is 34.8 Å². The van der Waals surface area contributed by atoms with Crippen molar-refractivity contribution in [3.63, 3.8) is 0 Å². The van der Waals surface area contributed by atoms with Crippen molar-refractivity contribution < 1.29 is 0 Å². The molecule has 0 radical (unpaired) electrons. The fraction of sp³-hybridized carbons (Fsp3) is 0.636. The molecule has 2 aromatic rings. The van der Waals surface area contributed by atoms with Gasteiger partial charge in [0.15, 0.2) is 5.82 Å². The highest BCUT2D eigenvalue weighted by atomic mass is 15.4. The predicted molar refractivity (Wildman–Crippen MR) is 64.7 cm³/mol. The molecule has 1 N–H and O–H groups in total. The molecule has 2 aromatic heterocycles. The molecule has 1 aliphatic rings. The van der Waals surface area contributed by atoms with Crippen LogP contribution >= 0.6 is 0 Å². The van der Waals surface area contributed by atoms with Crippen molar-refractivity contribution in [2.24, 2.45) is 0 Å². The summed E-state index contributed by atoms with van der Waals surface area (Å²) in [7, 11) is 0. The van der Waals surface area contributed by atoms with E-state index >= 15 is 0 Å². The van der Waals surface area contributed by atoms with Gasteiger partial charge in [-0.2, -0.15) is 10.2 Å². The van der Waals surface area contributed by atoms with Crippen molar-refractivity contribution in [2.75, 3.05) is 0 Å². The van der Waals surface area contributed by atoms with Crippen LogP contribution in [-0.4, -0.2) is 35.6 Å². The summed E-state index contributed by atoms with van der Waals surface area (Å²) < 4.78 is 3.67. The number of rotatable bonds is 6. The van der Waals surface area contributed by atoms with Crippen molar-refractivity contribution in [2.45, 2.75) is 45.4 Å². The van der Waals surface area contributed by atoms with E-state index in [-0.39, 0.29) is 0 Å². The average molecular weight is 247 g/mol. The zero-order chi connectivity index (χ0) is 12.4. The first-order valence-corrected chi connectivity index (χ1v) is 6.33. The Kier molecular flexibility index (Phi) is 3.06. The third-order valence-corrected chi connectivity index (χ3v) is 3.01. The molecule has 0 saturated heterocycles. The minimum absolute atomic E-state index is 0.615. The quantitative estimate of drug-likeness (QED) is 0.789. The number of aryl methyl sites for hydroxylation is 1. The first-order valence-electron chi connectivity index (χ1n) is 6.33. The van der Waals surface area contributed by atoms with E-state index in [1.165, 1.54) is 12.8 Å². The van der Waals surface area contributed by atoms with Crippen LogP contribution in [0, 0.1) is 0 Å². The van der Waals surface area contributed by atoms with Crippen LogP contribution < -0.4 is 5.32 Å². The second kappa shape index (κ2) is 4.85. The van der Waals surface area contributed by atoms with Gasteiger partial charge in [-0.3, -0.25) is 0 Å². The molecule has 18 heavy (non-hydrogen) atoms. The van der Waals surface area contributed by atoms with Crippen LogP contribution in [0.5, 0.6) is 0 Å². The minimum Gasteiger partial charge on any atom is -0.307 e. The van der Waals surface area contributed by atoms with Crippen molar-refractivity contribution in [3.05, 3.63) is 24.3 Å². The third kappa shape index (κ3) is 2.56. The lowest BCUT2D eigenvalue weighted by molar-refractivity contribution is 0.560.